The highest BCUT2D eigenvalue weighted by molar-refractivity contribution is 5.90. The van der Waals surface area contributed by atoms with E-state index in [9.17, 15) is 4.79 Å². The number of hydrogen-bond donors (Lipinski definition) is 0. The number of aromatic nitrogens is 2. The monoisotopic (exact) mass is 192 g/mol. The van der Waals surface area contributed by atoms with Gasteiger partial charge in [0.15, 0.2) is 5.78 Å². The fourth-order valence-corrected chi connectivity index (χ4v) is 1.43. The number of nitrogens with zero attached hydrogens (tertiary/aromatic N) is 2. The fraction of sp³-hybridized carbons (Fsp3) is 0.400. The van der Waals surface area contributed by atoms with Gasteiger partial charge in [-0.3, -0.25) is 9.48 Å². The van der Waals surface area contributed by atoms with E-state index in [0.717, 1.165) is 11.4 Å². The van der Waals surface area contributed by atoms with Crippen molar-refractivity contribution in [1.29, 1.82) is 0 Å². The second kappa shape index (κ2) is 3.29. The van der Waals surface area contributed by atoms with Gasteiger partial charge >= 0.3 is 0 Å². The van der Waals surface area contributed by atoms with E-state index in [0.29, 0.717) is 6.42 Å². The number of aryl methyl sites for hydroxylation is 2. The van der Waals surface area contributed by atoms with Crippen LogP contribution < -0.4 is 0 Å². The Morgan fingerprint density at radius 1 is 1.64 bits per heavy atom. The maximum Gasteiger partial charge on any atom is 0.162 e. The molecule has 0 fully saturated rings. The molecule has 74 valence electrons. The van der Waals surface area contributed by atoms with Gasteiger partial charge in [0.1, 0.15) is 11.8 Å². The molecule has 0 saturated carbocycles. The van der Waals surface area contributed by atoms with Gasteiger partial charge in [-0.15, -0.1) is 0 Å². The zero-order valence-corrected chi connectivity index (χ0v) is 8.23. The molecule has 1 aromatic heterocycles. The van der Waals surface area contributed by atoms with Gasteiger partial charge in [0.05, 0.1) is 12.7 Å². The van der Waals surface area contributed by atoms with Crippen molar-refractivity contribution in [3.63, 3.8) is 0 Å². The number of ether oxygens (including phenoxy) is 1. The van der Waals surface area contributed by atoms with Gasteiger partial charge in [0, 0.05) is 18.8 Å². The molecular weight excluding hydrogens is 180 g/mol. The van der Waals surface area contributed by atoms with E-state index in [1.54, 1.807) is 4.68 Å². The summed E-state index contributed by atoms with van der Waals surface area (Å²) in [5.74, 6) is 0.0876. The van der Waals surface area contributed by atoms with E-state index in [4.69, 9.17) is 4.74 Å². The zero-order chi connectivity index (χ0) is 10.1. The minimum Gasteiger partial charge on any atom is -0.491 e. The third-order valence-electron chi connectivity index (χ3n) is 2.35. The van der Waals surface area contributed by atoms with Crippen molar-refractivity contribution >= 4 is 5.78 Å². The van der Waals surface area contributed by atoms with Crippen LogP contribution in [0.2, 0.25) is 0 Å². The van der Waals surface area contributed by atoms with E-state index in [1.807, 2.05) is 20.0 Å². The Bertz CT molecular complexity index is 373. The molecule has 2 rings (SSSR count). The molecule has 1 aliphatic rings. The van der Waals surface area contributed by atoms with Crippen LogP contribution in [-0.2, 0) is 16.6 Å². The van der Waals surface area contributed by atoms with E-state index in [2.05, 4.69) is 5.10 Å². The summed E-state index contributed by atoms with van der Waals surface area (Å²) < 4.78 is 7.10. The Hall–Kier alpha value is -1.58. The first-order chi connectivity index (χ1) is 6.66. The van der Waals surface area contributed by atoms with Crippen LogP contribution >= 0.6 is 0 Å². The number of allylic oxidation sites excluding steroid dienone is 1. The summed E-state index contributed by atoms with van der Waals surface area (Å²) in [4.78, 5) is 11.1. The summed E-state index contributed by atoms with van der Waals surface area (Å²) >= 11 is 0. The topological polar surface area (TPSA) is 44.1 Å². The van der Waals surface area contributed by atoms with Gasteiger partial charge in [-0.1, -0.05) is 0 Å². The van der Waals surface area contributed by atoms with Gasteiger partial charge in [-0.2, -0.15) is 5.10 Å². The molecule has 4 nitrogen and oxygen atoms in total. The first-order valence-electron chi connectivity index (χ1n) is 4.52. The summed E-state index contributed by atoms with van der Waals surface area (Å²) in [6.07, 6.45) is 3.06. The molecule has 14 heavy (non-hydrogen) atoms. The summed E-state index contributed by atoms with van der Waals surface area (Å²) in [7, 11) is 1.87. The van der Waals surface area contributed by atoms with Crippen molar-refractivity contribution in [2.45, 2.75) is 19.4 Å². The van der Waals surface area contributed by atoms with Crippen LogP contribution in [0.3, 0.4) is 0 Å². The first-order valence-corrected chi connectivity index (χ1v) is 4.52. The zero-order valence-electron chi connectivity index (χ0n) is 8.23. The molecule has 1 aromatic rings. The number of rotatable bonds is 1. The third-order valence-corrected chi connectivity index (χ3v) is 2.35. The van der Waals surface area contributed by atoms with Crippen molar-refractivity contribution < 1.29 is 9.53 Å². The lowest BCUT2D eigenvalue weighted by Gasteiger charge is -2.15. The number of ketones is 1. The molecule has 0 bridgehead atoms. The fourth-order valence-electron chi connectivity index (χ4n) is 1.43. The number of carbonyl (C=O) groups excluding carboxylic acids is 1. The molecule has 1 unspecified atom stereocenters. The van der Waals surface area contributed by atoms with Crippen molar-refractivity contribution in [3.8, 4) is 0 Å². The summed E-state index contributed by atoms with van der Waals surface area (Å²) in [6, 6.07) is 1.94. The minimum absolute atomic E-state index is 0.0876. The number of hydrogen-bond acceptors (Lipinski definition) is 3. The molecule has 0 aromatic carbocycles. The maximum atomic E-state index is 11.1. The standard InChI is InChI=1S/C10H12N2O2/c1-7-5-9(11-12(7)2)10-6-8(13)3-4-14-10/h3-5,10H,6H2,1-2H3. The highest BCUT2D eigenvalue weighted by Gasteiger charge is 2.21. The normalized spacial score (nSPS) is 21.0. The van der Waals surface area contributed by atoms with Crippen molar-refractivity contribution in [3.05, 3.63) is 29.8 Å². The van der Waals surface area contributed by atoms with Gasteiger partial charge in [0.2, 0.25) is 0 Å². The lowest BCUT2D eigenvalue weighted by atomic mass is 10.1. The quantitative estimate of drug-likeness (QED) is 0.673. The Morgan fingerprint density at radius 2 is 2.43 bits per heavy atom. The van der Waals surface area contributed by atoms with Gasteiger partial charge < -0.3 is 4.74 Å². The lowest BCUT2D eigenvalue weighted by Crippen LogP contribution is -2.12. The summed E-state index contributed by atoms with van der Waals surface area (Å²) in [5, 5.41) is 4.27. The van der Waals surface area contributed by atoms with Crippen LogP contribution in [0.5, 0.6) is 0 Å². The van der Waals surface area contributed by atoms with Crippen LogP contribution in [-0.4, -0.2) is 15.6 Å². The van der Waals surface area contributed by atoms with Crippen molar-refractivity contribution in [1.82, 2.24) is 9.78 Å². The van der Waals surface area contributed by atoms with Crippen molar-refractivity contribution in [2.75, 3.05) is 0 Å². The smallest absolute Gasteiger partial charge is 0.162 e. The third kappa shape index (κ3) is 1.55. The predicted octanol–water partition coefficient (Wildman–Crippen LogP) is 1.27. The van der Waals surface area contributed by atoms with Gasteiger partial charge in [-0.25, -0.2) is 0 Å². The molecule has 1 atom stereocenters. The molecule has 1 aliphatic heterocycles. The Balaban J connectivity index is 2.23. The Morgan fingerprint density at radius 3 is 3.00 bits per heavy atom. The molecular formula is C10H12N2O2. The second-order valence-electron chi connectivity index (χ2n) is 3.43. The van der Waals surface area contributed by atoms with Crippen LogP contribution in [0.1, 0.15) is 23.9 Å². The molecule has 4 heteroatoms. The van der Waals surface area contributed by atoms with Gasteiger partial charge in [-0.05, 0) is 13.0 Å². The number of carbonyl (C=O) groups is 1. The predicted molar refractivity (Wildman–Crippen MR) is 50.5 cm³/mol. The SMILES string of the molecule is Cc1cc(C2CC(=O)C=CO2)nn1C. The highest BCUT2D eigenvalue weighted by atomic mass is 16.5. The minimum atomic E-state index is -0.215. The molecule has 0 amide bonds. The Kier molecular flexibility index (Phi) is 2.11. The molecule has 0 spiro atoms. The van der Waals surface area contributed by atoms with Crippen LogP contribution in [0.15, 0.2) is 18.4 Å². The van der Waals surface area contributed by atoms with Crippen LogP contribution in [0, 0.1) is 6.92 Å². The molecule has 0 radical (unpaired) electrons. The molecule has 0 aliphatic carbocycles. The summed E-state index contributed by atoms with van der Waals surface area (Å²) in [5.41, 5.74) is 1.88. The largest absolute Gasteiger partial charge is 0.491 e. The van der Waals surface area contributed by atoms with Crippen LogP contribution in [0.4, 0.5) is 0 Å². The molecule has 0 N–H and O–H groups in total. The van der Waals surface area contributed by atoms with E-state index in [1.165, 1.54) is 12.3 Å². The molecule has 2 heterocycles. The van der Waals surface area contributed by atoms with E-state index in [-0.39, 0.29) is 11.9 Å². The van der Waals surface area contributed by atoms with Gasteiger partial charge in [0.25, 0.3) is 0 Å². The van der Waals surface area contributed by atoms with Crippen LogP contribution in [0.25, 0.3) is 0 Å². The second-order valence-corrected chi connectivity index (χ2v) is 3.43. The highest BCUT2D eigenvalue weighted by Crippen LogP contribution is 2.24. The Labute approximate surface area is 82.2 Å². The first kappa shape index (κ1) is 8.99. The molecule has 0 saturated heterocycles. The summed E-state index contributed by atoms with van der Waals surface area (Å²) in [6.45, 7) is 1.97. The van der Waals surface area contributed by atoms with E-state index < -0.39 is 0 Å². The average Bonchev–Trinajstić information content (AvgIpc) is 2.47. The van der Waals surface area contributed by atoms with E-state index >= 15 is 0 Å². The lowest BCUT2D eigenvalue weighted by molar-refractivity contribution is -0.118. The maximum absolute atomic E-state index is 11.1. The van der Waals surface area contributed by atoms with Crippen molar-refractivity contribution in [2.24, 2.45) is 7.05 Å². The average molecular weight is 192 g/mol.